The average Bonchev–Trinajstić information content (AvgIpc) is 2.17. The zero-order chi connectivity index (χ0) is 11.3. The molecule has 0 fully saturated rings. The molecule has 0 radical (unpaired) electrons. The molecule has 2 N–H and O–H groups in total. The Morgan fingerprint density at radius 1 is 1.33 bits per heavy atom. The molecule has 0 amide bonds. The van der Waals surface area contributed by atoms with E-state index in [0.29, 0.717) is 25.6 Å². The van der Waals surface area contributed by atoms with Crippen LogP contribution in [0, 0.1) is 13.8 Å². The van der Waals surface area contributed by atoms with Crippen molar-refractivity contribution >= 4 is 0 Å². The van der Waals surface area contributed by atoms with Crippen LogP contribution in [0.4, 0.5) is 0 Å². The molecule has 84 valence electrons. The Kier molecular flexibility index (Phi) is 4.52. The highest BCUT2D eigenvalue weighted by atomic mass is 16.5. The van der Waals surface area contributed by atoms with E-state index in [1.54, 1.807) is 7.11 Å². The molecule has 0 spiro atoms. The maximum atomic E-state index is 5.65. The number of methoxy groups -OCH3 is 1. The van der Waals surface area contributed by atoms with Crippen molar-refractivity contribution in [3.63, 3.8) is 0 Å². The van der Waals surface area contributed by atoms with Crippen molar-refractivity contribution in [2.75, 3.05) is 20.3 Å². The number of rotatable bonds is 5. The third-order valence-corrected chi connectivity index (χ3v) is 2.17. The van der Waals surface area contributed by atoms with Crippen LogP contribution in [0.5, 0.6) is 5.88 Å². The first-order valence-corrected chi connectivity index (χ1v) is 4.98. The van der Waals surface area contributed by atoms with Crippen molar-refractivity contribution in [3.05, 3.63) is 22.9 Å². The first-order chi connectivity index (χ1) is 7.19. The van der Waals surface area contributed by atoms with Gasteiger partial charge < -0.3 is 15.2 Å². The van der Waals surface area contributed by atoms with E-state index in [1.165, 1.54) is 0 Å². The van der Waals surface area contributed by atoms with Gasteiger partial charge in [-0.15, -0.1) is 0 Å². The monoisotopic (exact) mass is 210 g/mol. The Morgan fingerprint density at radius 2 is 2.07 bits per heavy atom. The molecule has 0 unspecified atom stereocenters. The second-order valence-electron chi connectivity index (χ2n) is 3.41. The van der Waals surface area contributed by atoms with Crippen molar-refractivity contribution < 1.29 is 9.47 Å². The van der Waals surface area contributed by atoms with Crippen LogP contribution in [-0.2, 0) is 11.3 Å². The smallest absolute Gasteiger partial charge is 0.218 e. The van der Waals surface area contributed by atoms with Crippen molar-refractivity contribution in [2.45, 2.75) is 20.4 Å². The van der Waals surface area contributed by atoms with E-state index in [9.17, 15) is 0 Å². The summed E-state index contributed by atoms with van der Waals surface area (Å²) >= 11 is 0. The summed E-state index contributed by atoms with van der Waals surface area (Å²) in [7, 11) is 1.64. The summed E-state index contributed by atoms with van der Waals surface area (Å²) in [5, 5.41) is 0. The van der Waals surface area contributed by atoms with Gasteiger partial charge in [0.05, 0.1) is 6.61 Å². The normalized spacial score (nSPS) is 10.4. The van der Waals surface area contributed by atoms with Crippen LogP contribution < -0.4 is 10.5 Å². The number of nitrogens with zero attached hydrogens (tertiary/aromatic N) is 1. The molecule has 4 heteroatoms. The molecular weight excluding hydrogens is 192 g/mol. The Labute approximate surface area is 90.4 Å². The second-order valence-corrected chi connectivity index (χ2v) is 3.41. The van der Waals surface area contributed by atoms with E-state index in [-0.39, 0.29) is 0 Å². The van der Waals surface area contributed by atoms with E-state index < -0.39 is 0 Å². The van der Waals surface area contributed by atoms with Gasteiger partial charge in [0.1, 0.15) is 6.61 Å². The minimum absolute atomic E-state index is 0.446. The molecule has 4 nitrogen and oxygen atoms in total. The topological polar surface area (TPSA) is 57.4 Å². The van der Waals surface area contributed by atoms with Crippen molar-refractivity contribution in [1.29, 1.82) is 0 Å². The minimum Gasteiger partial charge on any atom is -0.475 e. The average molecular weight is 210 g/mol. The standard InChI is InChI=1S/C11H18N2O2/c1-8-6-9(2)13-11(10(8)7-12)15-5-4-14-3/h6H,4-5,7,12H2,1-3H3. The zero-order valence-corrected chi connectivity index (χ0v) is 9.54. The lowest BCUT2D eigenvalue weighted by Crippen LogP contribution is -2.11. The summed E-state index contributed by atoms with van der Waals surface area (Å²) in [5.41, 5.74) is 8.69. The van der Waals surface area contributed by atoms with Crippen LogP contribution in [0.3, 0.4) is 0 Å². The summed E-state index contributed by atoms with van der Waals surface area (Å²) < 4.78 is 10.4. The highest BCUT2D eigenvalue weighted by Crippen LogP contribution is 2.20. The molecule has 0 bridgehead atoms. The quantitative estimate of drug-likeness (QED) is 0.741. The van der Waals surface area contributed by atoms with Gasteiger partial charge in [0, 0.05) is 24.9 Å². The van der Waals surface area contributed by atoms with Crippen LogP contribution >= 0.6 is 0 Å². The van der Waals surface area contributed by atoms with Crippen molar-refractivity contribution in [1.82, 2.24) is 4.98 Å². The van der Waals surface area contributed by atoms with Crippen LogP contribution in [-0.4, -0.2) is 25.3 Å². The van der Waals surface area contributed by atoms with Gasteiger partial charge in [0.2, 0.25) is 5.88 Å². The van der Waals surface area contributed by atoms with Crippen LogP contribution in [0.2, 0.25) is 0 Å². The summed E-state index contributed by atoms with van der Waals surface area (Å²) in [6.45, 7) is 5.45. The molecule has 0 saturated heterocycles. The van der Waals surface area contributed by atoms with Gasteiger partial charge in [-0.2, -0.15) is 0 Å². The molecular formula is C11H18N2O2. The lowest BCUT2D eigenvalue weighted by molar-refractivity contribution is 0.143. The summed E-state index contributed by atoms with van der Waals surface area (Å²) in [4.78, 5) is 4.32. The second kappa shape index (κ2) is 5.68. The molecule has 0 aliphatic heterocycles. The molecule has 0 aliphatic carbocycles. The predicted octanol–water partition coefficient (Wildman–Crippen LogP) is 1.18. The molecule has 0 saturated carbocycles. The highest BCUT2D eigenvalue weighted by Gasteiger charge is 2.08. The first kappa shape index (κ1) is 11.9. The third-order valence-electron chi connectivity index (χ3n) is 2.17. The number of pyridine rings is 1. The summed E-state index contributed by atoms with van der Waals surface area (Å²) in [6, 6.07) is 2.01. The van der Waals surface area contributed by atoms with E-state index >= 15 is 0 Å². The van der Waals surface area contributed by atoms with E-state index in [2.05, 4.69) is 4.98 Å². The number of hydrogen-bond acceptors (Lipinski definition) is 4. The zero-order valence-electron chi connectivity index (χ0n) is 9.54. The lowest BCUT2D eigenvalue weighted by Gasteiger charge is -2.12. The van der Waals surface area contributed by atoms with E-state index in [4.69, 9.17) is 15.2 Å². The Morgan fingerprint density at radius 3 is 2.67 bits per heavy atom. The number of ether oxygens (including phenoxy) is 2. The third kappa shape index (κ3) is 3.18. The predicted molar refractivity (Wildman–Crippen MR) is 59.0 cm³/mol. The van der Waals surface area contributed by atoms with Crippen LogP contribution in [0.15, 0.2) is 6.07 Å². The number of hydrogen-bond donors (Lipinski definition) is 1. The first-order valence-electron chi connectivity index (χ1n) is 4.98. The fraction of sp³-hybridized carbons (Fsp3) is 0.545. The van der Waals surface area contributed by atoms with Gasteiger partial charge in [-0.3, -0.25) is 0 Å². The molecule has 1 heterocycles. The lowest BCUT2D eigenvalue weighted by atomic mass is 10.1. The van der Waals surface area contributed by atoms with Gasteiger partial charge in [0.15, 0.2) is 0 Å². The number of nitrogens with two attached hydrogens (primary N) is 1. The van der Waals surface area contributed by atoms with Crippen molar-refractivity contribution in [2.24, 2.45) is 5.73 Å². The molecule has 1 aromatic rings. The van der Waals surface area contributed by atoms with Crippen LogP contribution in [0.25, 0.3) is 0 Å². The minimum atomic E-state index is 0.446. The fourth-order valence-electron chi connectivity index (χ4n) is 1.42. The Balaban J connectivity index is 2.84. The van der Waals surface area contributed by atoms with Crippen LogP contribution in [0.1, 0.15) is 16.8 Å². The van der Waals surface area contributed by atoms with Gasteiger partial charge in [0.25, 0.3) is 0 Å². The van der Waals surface area contributed by atoms with Gasteiger partial charge >= 0.3 is 0 Å². The van der Waals surface area contributed by atoms with E-state index in [1.807, 2.05) is 19.9 Å². The number of aromatic nitrogens is 1. The molecule has 1 aromatic heterocycles. The molecule has 0 aromatic carbocycles. The van der Waals surface area contributed by atoms with Crippen molar-refractivity contribution in [3.8, 4) is 5.88 Å². The van der Waals surface area contributed by atoms with Gasteiger partial charge in [-0.25, -0.2) is 4.98 Å². The number of aryl methyl sites for hydroxylation is 2. The van der Waals surface area contributed by atoms with E-state index in [0.717, 1.165) is 16.8 Å². The maximum absolute atomic E-state index is 5.65. The van der Waals surface area contributed by atoms with Gasteiger partial charge in [-0.05, 0) is 25.5 Å². The maximum Gasteiger partial charge on any atom is 0.218 e. The largest absolute Gasteiger partial charge is 0.475 e. The van der Waals surface area contributed by atoms with Gasteiger partial charge in [-0.1, -0.05) is 0 Å². The molecule has 0 aliphatic rings. The summed E-state index contributed by atoms with van der Waals surface area (Å²) in [5.74, 6) is 0.632. The molecule has 0 atom stereocenters. The Bertz CT molecular complexity index is 327. The Hall–Kier alpha value is -1.13. The highest BCUT2D eigenvalue weighted by molar-refractivity contribution is 5.35. The molecule has 1 rings (SSSR count). The summed E-state index contributed by atoms with van der Waals surface area (Å²) in [6.07, 6.45) is 0. The SMILES string of the molecule is COCCOc1nc(C)cc(C)c1CN. The fourth-order valence-corrected chi connectivity index (χ4v) is 1.42. The molecule has 15 heavy (non-hydrogen) atoms.